The molecule has 1 aliphatic heterocycles. The van der Waals surface area contributed by atoms with Crippen LogP contribution in [0.4, 0.5) is 5.69 Å². The van der Waals surface area contributed by atoms with Crippen LogP contribution in [0.15, 0.2) is 54.6 Å². The van der Waals surface area contributed by atoms with E-state index in [-0.39, 0.29) is 18.2 Å². The van der Waals surface area contributed by atoms with E-state index in [1.165, 1.54) is 5.56 Å². The van der Waals surface area contributed by atoms with Gasteiger partial charge in [-0.2, -0.15) is 0 Å². The first-order valence-corrected chi connectivity index (χ1v) is 11.1. The largest absolute Gasteiger partial charge is 0.494 e. The molecule has 6 nitrogen and oxygen atoms in total. The summed E-state index contributed by atoms with van der Waals surface area (Å²) in [5.41, 5.74) is 1.84. The summed E-state index contributed by atoms with van der Waals surface area (Å²) in [7, 11) is 0. The summed E-state index contributed by atoms with van der Waals surface area (Å²) < 4.78 is 5.57. The van der Waals surface area contributed by atoms with Crippen LogP contribution in [0.5, 0.6) is 5.75 Å². The highest BCUT2D eigenvalue weighted by Gasteiger charge is 2.42. The van der Waals surface area contributed by atoms with Crippen LogP contribution >= 0.6 is 12.2 Å². The zero-order valence-electron chi connectivity index (χ0n) is 18.0. The van der Waals surface area contributed by atoms with Crippen molar-refractivity contribution >= 4 is 34.8 Å². The topological polar surface area (TPSA) is 61.9 Å². The fourth-order valence-electron chi connectivity index (χ4n) is 3.57. The molecule has 164 valence electrons. The minimum absolute atomic E-state index is 0.0539. The molecule has 1 fully saturated rings. The summed E-state index contributed by atoms with van der Waals surface area (Å²) in [6.45, 7) is 5.68. The molecule has 1 aliphatic rings. The predicted octanol–water partition coefficient (Wildman–Crippen LogP) is 3.86. The molecule has 2 aromatic rings. The number of amides is 2. The van der Waals surface area contributed by atoms with Crippen molar-refractivity contribution < 1.29 is 14.3 Å². The average Bonchev–Trinajstić information content (AvgIpc) is 3.00. The number of benzene rings is 2. The number of thiocarbonyl (C=S) groups is 1. The normalized spacial score (nSPS) is 16.0. The Morgan fingerprint density at radius 1 is 1.10 bits per heavy atom. The van der Waals surface area contributed by atoms with E-state index in [0.717, 1.165) is 18.6 Å². The standard InChI is InChI=1S/C24H29N3O3S/c1-3-16-30-20-12-10-19(11-13-20)25-22(28)17-21-23(29)26(4-2)24(31)27(21)15-14-18-8-6-5-7-9-18/h5-13,21H,3-4,14-17H2,1-2H3,(H,25,28)/t21-/m1/s1. The summed E-state index contributed by atoms with van der Waals surface area (Å²) in [6.07, 6.45) is 1.74. The van der Waals surface area contributed by atoms with Crippen LogP contribution in [-0.2, 0) is 16.0 Å². The fraction of sp³-hybridized carbons (Fsp3) is 0.375. The van der Waals surface area contributed by atoms with Crippen molar-refractivity contribution in [3.8, 4) is 5.75 Å². The SMILES string of the molecule is CCCOc1ccc(NC(=O)C[C@@H]2C(=O)N(CC)C(=S)N2CCc2ccccc2)cc1. The van der Waals surface area contributed by atoms with E-state index in [4.69, 9.17) is 17.0 Å². The third kappa shape index (κ3) is 5.82. The Morgan fingerprint density at radius 2 is 1.81 bits per heavy atom. The molecule has 0 spiro atoms. The summed E-state index contributed by atoms with van der Waals surface area (Å²) in [4.78, 5) is 29.1. The van der Waals surface area contributed by atoms with Crippen molar-refractivity contribution in [1.82, 2.24) is 9.80 Å². The lowest BCUT2D eigenvalue weighted by Crippen LogP contribution is -2.39. The molecule has 0 aliphatic carbocycles. The van der Waals surface area contributed by atoms with Crippen LogP contribution in [0.25, 0.3) is 0 Å². The van der Waals surface area contributed by atoms with Gasteiger partial charge in [0, 0.05) is 18.8 Å². The smallest absolute Gasteiger partial charge is 0.252 e. The minimum Gasteiger partial charge on any atom is -0.494 e. The third-order valence-electron chi connectivity index (χ3n) is 5.19. The van der Waals surface area contributed by atoms with Gasteiger partial charge in [-0.05, 0) is 61.8 Å². The first kappa shape index (κ1) is 22.7. The molecular formula is C24H29N3O3S. The summed E-state index contributed by atoms with van der Waals surface area (Å²) in [6, 6.07) is 16.7. The van der Waals surface area contributed by atoms with Gasteiger partial charge in [-0.15, -0.1) is 0 Å². The van der Waals surface area contributed by atoms with Crippen molar-refractivity contribution in [2.45, 2.75) is 39.2 Å². The number of rotatable bonds is 10. The number of carbonyl (C=O) groups excluding carboxylic acids is 2. The van der Waals surface area contributed by atoms with E-state index < -0.39 is 6.04 Å². The molecule has 7 heteroatoms. The number of nitrogens with one attached hydrogen (secondary N) is 1. The van der Waals surface area contributed by atoms with Gasteiger partial charge < -0.3 is 15.0 Å². The number of likely N-dealkylation sites (N-methyl/N-ethyl adjacent to an activating group) is 1. The maximum absolute atomic E-state index is 12.9. The van der Waals surface area contributed by atoms with Gasteiger partial charge in [0.15, 0.2) is 5.11 Å². The van der Waals surface area contributed by atoms with Crippen molar-refractivity contribution in [2.24, 2.45) is 0 Å². The van der Waals surface area contributed by atoms with Crippen LogP contribution < -0.4 is 10.1 Å². The number of hydrogen-bond acceptors (Lipinski definition) is 4. The molecule has 0 saturated carbocycles. The highest BCUT2D eigenvalue weighted by atomic mass is 32.1. The summed E-state index contributed by atoms with van der Waals surface area (Å²) in [5.74, 6) is 0.437. The lowest BCUT2D eigenvalue weighted by atomic mass is 10.1. The number of hydrogen-bond donors (Lipinski definition) is 1. The third-order valence-corrected chi connectivity index (χ3v) is 5.65. The Labute approximate surface area is 189 Å². The van der Waals surface area contributed by atoms with Crippen LogP contribution in [0.3, 0.4) is 0 Å². The number of carbonyl (C=O) groups is 2. The van der Waals surface area contributed by atoms with Crippen LogP contribution in [-0.4, -0.2) is 52.5 Å². The van der Waals surface area contributed by atoms with Crippen molar-refractivity contribution in [1.29, 1.82) is 0 Å². The Balaban J connectivity index is 1.64. The van der Waals surface area contributed by atoms with E-state index in [1.54, 1.807) is 17.0 Å². The predicted molar refractivity (Wildman–Crippen MR) is 126 cm³/mol. The molecule has 2 aromatic carbocycles. The molecule has 0 unspecified atom stereocenters. The maximum Gasteiger partial charge on any atom is 0.252 e. The van der Waals surface area contributed by atoms with Gasteiger partial charge in [-0.1, -0.05) is 37.3 Å². The zero-order chi connectivity index (χ0) is 22.2. The van der Waals surface area contributed by atoms with Gasteiger partial charge in [0.25, 0.3) is 5.91 Å². The van der Waals surface area contributed by atoms with E-state index in [1.807, 2.05) is 61.2 Å². The van der Waals surface area contributed by atoms with E-state index in [0.29, 0.717) is 30.5 Å². The molecule has 2 amide bonds. The quantitative estimate of drug-likeness (QED) is 0.570. The van der Waals surface area contributed by atoms with E-state index in [9.17, 15) is 9.59 Å². The zero-order valence-corrected chi connectivity index (χ0v) is 18.9. The van der Waals surface area contributed by atoms with E-state index >= 15 is 0 Å². The minimum atomic E-state index is -0.580. The lowest BCUT2D eigenvalue weighted by molar-refractivity contribution is -0.130. The number of ether oxygens (including phenoxy) is 1. The summed E-state index contributed by atoms with van der Waals surface area (Å²) >= 11 is 5.55. The van der Waals surface area contributed by atoms with Gasteiger partial charge in [0.1, 0.15) is 11.8 Å². The van der Waals surface area contributed by atoms with Crippen molar-refractivity contribution in [3.63, 3.8) is 0 Å². The van der Waals surface area contributed by atoms with Gasteiger partial charge in [0.05, 0.1) is 13.0 Å². The first-order chi connectivity index (χ1) is 15.0. The highest BCUT2D eigenvalue weighted by molar-refractivity contribution is 7.80. The molecule has 0 aromatic heterocycles. The second-order valence-corrected chi connectivity index (χ2v) is 7.80. The number of anilines is 1. The number of nitrogens with zero attached hydrogens (tertiary/aromatic N) is 2. The molecule has 1 atom stereocenters. The van der Waals surface area contributed by atoms with Gasteiger partial charge in [-0.25, -0.2) is 0 Å². The van der Waals surface area contributed by atoms with Crippen LogP contribution in [0, 0.1) is 0 Å². The Morgan fingerprint density at radius 3 is 2.45 bits per heavy atom. The van der Waals surface area contributed by atoms with Crippen LogP contribution in [0.2, 0.25) is 0 Å². The van der Waals surface area contributed by atoms with Gasteiger partial charge in [-0.3, -0.25) is 14.5 Å². The van der Waals surface area contributed by atoms with Gasteiger partial charge in [0.2, 0.25) is 5.91 Å². The highest BCUT2D eigenvalue weighted by Crippen LogP contribution is 2.22. The Hall–Kier alpha value is -2.93. The monoisotopic (exact) mass is 439 g/mol. The lowest BCUT2D eigenvalue weighted by Gasteiger charge is -2.23. The van der Waals surface area contributed by atoms with Crippen LogP contribution in [0.1, 0.15) is 32.3 Å². The first-order valence-electron chi connectivity index (χ1n) is 10.7. The van der Waals surface area contributed by atoms with Crippen molar-refractivity contribution in [3.05, 3.63) is 60.2 Å². The molecule has 31 heavy (non-hydrogen) atoms. The second-order valence-electron chi connectivity index (χ2n) is 7.44. The Bertz CT molecular complexity index is 902. The van der Waals surface area contributed by atoms with Crippen molar-refractivity contribution in [2.75, 3.05) is 25.0 Å². The molecular weight excluding hydrogens is 410 g/mol. The van der Waals surface area contributed by atoms with Gasteiger partial charge >= 0.3 is 0 Å². The fourth-order valence-corrected chi connectivity index (χ4v) is 4.01. The second kappa shape index (κ2) is 10.9. The average molecular weight is 440 g/mol. The Kier molecular flexibility index (Phi) is 8.00. The molecule has 0 radical (unpaired) electrons. The molecule has 1 N–H and O–H groups in total. The van der Waals surface area contributed by atoms with E-state index in [2.05, 4.69) is 5.32 Å². The molecule has 1 heterocycles. The maximum atomic E-state index is 12.9. The molecule has 1 saturated heterocycles. The molecule has 3 rings (SSSR count). The summed E-state index contributed by atoms with van der Waals surface area (Å²) in [5, 5.41) is 3.38. The molecule has 0 bridgehead atoms.